The molecular weight excluding hydrogens is 442 g/mol. The van der Waals surface area contributed by atoms with E-state index in [2.05, 4.69) is 65.8 Å². The molecule has 1 fully saturated rings. The number of aryl methyl sites for hydroxylation is 2. The zero-order valence-corrected chi connectivity index (χ0v) is 23.4. The van der Waals surface area contributed by atoms with Gasteiger partial charge in [0.25, 0.3) is 0 Å². The maximum Gasteiger partial charge on any atom is 0.243 e. The van der Waals surface area contributed by atoms with Crippen LogP contribution in [0.5, 0.6) is 0 Å². The average Bonchev–Trinajstić information content (AvgIpc) is 3.18. The molecule has 0 bridgehead atoms. The number of benzene rings is 2. The molecule has 0 radical (unpaired) electrons. The van der Waals surface area contributed by atoms with Crippen LogP contribution in [-0.2, 0) is 16.4 Å². The molecule has 2 atom stereocenters. The first-order chi connectivity index (χ1) is 15.5. The van der Waals surface area contributed by atoms with Gasteiger partial charge in [0, 0.05) is 12.6 Å². The predicted molar refractivity (Wildman–Crippen MR) is 143 cm³/mol. The van der Waals surface area contributed by atoms with Crippen LogP contribution in [0.3, 0.4) is 0 Å². The third-order valence-corrected chi connectivity index (χ3v) is 18.1. The fourth-order valence-corrected chi connectivity index (χ4v) is 16.9. The fourth-order valence-electron chi connectivity index (χ4n) is 7.04. The summed E-state index contributed by atoms with van der Waals surface area (Å²) in [4.78, 5) is 0.435. The molecule has 1 heterocycles. The van der Waals surface area contributed by atoms with Gasteiger partial charge in [-0.1, -0.05) is 106 Å². The van der Waals surface area contributed by atoms with Gasteiger partial charge in [0.1, 0.15) is 0 Å². The van der Waals surface area contributed by atoms with Crippen molar-refractivity contribution in [3.8, 4) is 0 Å². The summed E-state index contributed by atoms with van der Waals surface area (Å²) < 4.78 is 29.7. The van der Waals surface area contributed by atoms with Crippen LogP contribution >= 0.6 is 0 Å². The summed E-state index contributed by atoms with van der Waals surface area (Å²) in [5, 5.41) is 0. The molecule has 33 heavy (non-hydrogen) atoms. The first-order valence-electron chi connectivity index (χ1n) is 12.6. The third kappa shape index (κ3) is 5.15. The van der Waals surface area contributed by atoms with Gasteiger partial charge in [-0.3, -0.25) is 0 Å². The zero-order chi connectivity index (χ0) is 24.4. The highest BCUT2D eigenvalue weighted by molar-refractivity contribution is 7.89. The summed E-state index contributed by atoms with van der Waals surface area (Å²) in [6.07, 6.45) is 2.79. The molecular formula is C28H43NO2SSi. The molecule has 0 amide bonds. The lowest BCUT2D eigenvalue weighted by atomic mass is 10.0. The van der Waals surface area contributed by atoms with E-state index in [0.717, 1.165) is 24.8 Å². The van der Waals surface area contributed by atoms with Crippen LogP contribution in [0.25, 0.3) is 0 Å². The summed E-state index contributed by atoms with van der Waals surface area (Å²) in [6.45, 7) is 17.0. The molecule has 3 nitrogen and oxygen atoms in total. The molecule has 0 aliphatic carbocycles. The smallest absolute Gasteiger partial charge is 0.207 e. The first kappa shape index (κ1) is 26.2. The SMILES string of the molecule is Cc1ccc(S(=O)(=O)N2CC([Si](C(C)C)(C(C)C)C(C)C)CC2CCc2ccccc2)cc1. The van der Waals surface area contributed by atoms with Crippen LogP contribution in [0, 0.1) is 6.92 Å². The maximum atomic E-state index is 13.9. The highest BCUT2D eigenvalue weighted by Crippen LogP contribution is 2.54. The van der Waals surface area contributed by atoms with Gasteiger partial charge < -0.3 is 0 Å². The van der Waals surface area contributed by atoms with E-state index in [1.54, 1.807) is 12.1 Å². The van der Waals surface area contributed by atoms with Gasteiger partial charge in [0.2, 0.25) is 10.0 Å². The minimum absolute atomic E-state index is 0.0598. The predicted octanol–water partition coefficient (Wildman–Crippen LogP) is 7.44. The highest BCUT2D eigenvalue weighted by atomic mass is 32.2. The van der Waals surface area contributed by atoms with E-state index in [0.29, 0.717) is 33.6 Å². The molecule has 2 aromatic carbocycles. The maximum absolute atomic E-state index is 13.9. The molecule has 0 aromatic heterocycles. The van der Waals surface area contributed by atoms with Gasteiger partial charge in [0.05, 0.1) is 13.0 Å². The summed E-state index contributed by atoms with van der Waals surface area (Å²) in [6, 6.07) is 17.9. The van der Waals surface area contributed by atoms with Crippen LogP contribution in [0.4, 0.5) is 0 Å². The van der Waals surface area contributed by atoms with Gasteiger partial charge in [0.15, 0.2) is 0 Å². The molecule has 5 heteroatoms. The Morgan fingerprint density at radius 1 is 0.879 bits per heavy atom. The Kier molecular flexibility index (Phi) is 8.29. The lowest BCUT2D eigenvalue weighted by molar-refractivity contribution is 0.370. The lowest BCUT2D eigenvalue weighted by Crippen LogP contribution is -2.50. The monoisotopic (exact) mass is 485 g/mol. The first-order valence-corrected chi connectivity index (χ1v) is 16.4. The van der Waals surface area contributed by atoms with Gasteiger partial charge >= 0.3 is 0 Å². The molecule has 2 aromatic rings. The summed E-state index contributed by atoms with van der Waals surface area (Å²) in [5.74, 6) is 0. The molecule has 1 saturated heterocycles. The Morgan fingerprint density at radius 3 is 1.94 bits per heavy atom. The number of nitrogens with zero attached hydrogens (tertiary/aromatic N) is 1. The second-order valence-electron chi connectivity index (χ2n) is 11.0. The van der Waals surface area contributed by atoms with Crippen LogP contribution < -0.4 is 0 Å². The Labute approximate surface area is 203 Å². The van der Waals surface area contributed by atoms with Crippen LogP contribution in [0.1, 0.15) is 65.5 Å². The summed E-state index contributed by atoms with van der Waals surface area (Å²) in [5.41, 5.74) is 4.73. The van der Waals surface area contributed by atoms with Crippen molar-refractivity contribution >= 4 is 18.1 Å². The lowest BCUT2D eigenvalue weighted by Gasteiger charge is -2.48. The van der Waals surface area contributed by atoms with Gasteiger partial charge in [-0.2, -0.15) is 4.31 Å². The number of hydrogen-bond donors (Lipinski definition) is 0. The Bertz CT molecular complexity index is 978. The minimum Gasteiger partial charge on any atom is -0.207 e. The van der Waals surface area contributed by atoms with Crippen LogP contribution in [-0.4, -0.2) is 33.4 Å². The molecule has 3 rings (SSSR count). The van der Waals surface area contributed by atoms with Crippen molar-refractivity contribution in [1.29, 1.82) is 0 Å². The fraction of sp³-hybridized carbons (Fsp3) is 0.571. The second kappa shape index (κ2) is 10.5. The minimum atomic E-state index is -3.52. The Hall–Kier alpha value is -1.43. The Balaban J connectivity index is 1.99. The van der Waals surface area contributed by atoms with E-state index >= 15 is 0 Å². The van der Waals surface area contributed by atoms with Crippen molar-refractivity contribution < 1.29 is 8.42 Å². The highest BCUT2D eigenvalue weighted by Gasteiger charge is 2.54. The van der Waals surface area contributed by atoms with E-state index < -0.39 is 18.1 Å². The normalized spacial score (nSPS) is 20.3. The number of sulfonamides is 1. The van der Waals surface area contributed by atoms with E-state index in [-0.39, 0.29) is 6.04 Å². The van der Waals surface area contributed by atoms with Crippen molar-refractivity contribution in [1.82, 2.24) is 4.31 Å². The van der Waals surface area contributed by atoms with Crippen molar-refractivity contribution in [3.63, 3.8) is 0 Å². The summed E-state index contributed by atoms with van der Waals surface area (Å²) >= 11 is 0. The van der Waals surface area contributed by atoms with Gasteiger partial charge in [-0.15, -0.1) is 0 Å². The molecule has 1 aliphatic rings. The average molecular weight is 486 g/mol. The van der Waals surface area contributed by atoms with Crippen molar-refractivity contribution in [2.75, 3.05) is 6.54 Å². The molecule has 182 valence electrons. The van der Waals surface area contributed by atoms with Crippen molar-refractivity contribution in [2.45, 2.75) is 101 Å². The van der Waals surface area contributed by atoms with E-state index in [1.165, 1.54) is 5.56 Å². The third-order valence-electron chi connectivity index (χ3n) is 8.31. The quantitative estimate of drug-likeness (QED) is 0.346. The standard InChI is InChI=1S/C28H43NO2SSi/c1-21(2)33(22(3)4,23(5)6)28-19-26(16-15-25-11-9-8-10-12-25)29(20-28)32(30,31)27-17-13-24(7)14-18-27/h8-14,17-18,21-23,26,28H,15-16,19-20H2,1-7H3. The Morgan fingerprint density at radius 2 is 1.42 bits per heavy atom. The number of rotatable bonds is 9. The van der Waals surface area contributed by atoms with Crippen molar-refractivity contribution in [3.05, 3.63) is 65.7 Å². The van der Waals surface area contributed by atoms with E-state index in [1.807, 2.05) is 29.4 Å². The molecule has 2 unspecified atom stereocenters. The van der Waals surface area contributed by atoms with Crippen LogP contribution in [0.15, 0.2) is 59.5 Å². The topological polar surface area (TPSA) is 37.4 Å². The van der Waals surface area contributed by atoms with E-state index in [9.17, 15) is 8.42 Å². The van der Waals surface area contributed by atoms with Gasteiger partial charge in [-0.25, -0.2) is 8.42 Å². The molecule has 1 aliphatic heterocycles. The molecule has 0 spiro atoms. The molecule has 0 saturated carbocycles. The molecule has 0 N–H and O–H groups in total. The summed E-state index contributed by atoms with van der Waals surface area (Å²) in [7, 11) is -5.30. The zero-order valence-electron chi connectivity index (χ0n) is 21.6. The van der Waals surface area contributed by atoms with Gasteiger partial charge in [-0.05, 0) is 49.4 Å². The largest absolute Gasteiger partial charge is 0.243 e. The van der Waals surface area contributed by atoms with Crippen molar-refractivity contribution in [2.24, 2.45) is 0 Å². The second-order valence-corrected chi connectivity index (χ2v) is 19.1. The number of hydrogen-bond acceptors (Lipinski definition) is 2. The van der Waals surface area contributed by atoms with Crippen LogP contribution in [0.2, 0.25) is 22.2 Å². The van der Waals surface area contributed by atoms with E-state index in [4.69, 9.17) is 0 Å².